The van der Waals surface area contributed by atoms with Gasteiger partial charge >= 0.3 is 0 Å². The van der Waals surface area contributed by atoms with Crippen molar-refractivity contribution in [1.82, 2.24) is 0 Å². The smallest absolute Gasteiger partial charge is 0.232 e. The van der Waals surface area contributed by atoms with Gasteiger partial charge in [0.1, 0.15) is 0 Å². The molecular formula is C13H22N2O2S. The minimum Gasteiger partial charge on any atom is -0.330 e. The molecular weight excluding hydrogens is 248 g/mol. The van der Waals surface area contributed by atoms with Crippen LogP contribution >= 0.6 is 0 Å². The summed E-state index contributed by atoms with van der Waals surface area (Å²) in [4.78, 5) is 0. The number of rotatable bonds is 8. The number of nitrogens with two attached hydrogens (primary N) is 1. The summed E-state index contributed by atoms with van der Waals surface area (Å²) >= 11 is 0. The number of hydrogen-bond donors (Lipinski definition) is 2. The topological polar surface area (TPSA) is 72.2 Å². The first-order valence-corrected chi connectivity index (χ1v) is 8.02. The summed E-state index contributed by atoms with van der Waals surface area (Å²) in [6, 6.07) is 7.54. The lowest BCUT2D eigenvalue weighted by atomic mass is 10.1. The molecule has 18 heavy (non-hydrogen) atoms. The van der Waals surface area contributed by atoms with Crippen LogP contribution in [0.1, 0.15) is 31.7 Å². The normalized spacial score (nSPS) is 11.4. The van der Waals surface area contributed by atoms with E-state index in [9.17, 15) is 8.42 Å². The van der Waals surface area contributed by atoms with E-state index in [0.29, 0.717) is 18.7 Å². The molecule has 0 aliphatic carbocycles. The summed E-state index contributed by atoms with van der Waals surface area (Å²) in [5.41, 5.74) is 7.19. The molecule has 0 saturated heterocycles. The number of anilines is 1. The molecule has 0 unspecified atom stereocenters. The molecule has 0 atom stereocenters. The van der Waals surface area contributed by atoms with Crippen molar-refractivity contribution >= 4 is 15.7 Å². The van der Waals surface area contributed by atoms with Crippen molar-refractivity contribution in [1.29, 1.82) is 0 Å². The third kappa shape index (κ3) is 5.51. The lowest BCUT2D eigenvalue weighted by Gasteiger charge is -2.08. The van der Waals surface area contributed by atoms with Crippen molar-refractivity contribution in [2.24, 2.45) is 5.73 Å². The Bertz CT molecular complexity index is 441. The summed E-state index contributed by atoms with van der Waals surface area (Å²) in [7, 11) is -3.24. The second-order valence-electron chi connectivity index (χ2n) is 4.36. The van der Waals surface area contributed by atoms with Gasteiger partial charge in [-0.15, -0.1) is 0 Å². The highest BCUT2D eigenvalue weighted by molar-refractivity contribution is 7.92. The van der Waals surface area contributed by atoms with Gasteiger partial charge in [0.15, 0.2) is 0 Å². The predicted octanol–water partition coefficient (Wildman–Crippen LogP) is 2.12. The lowest BCUT2D eigenvalue weighted by Crippen LogP contribution is -2.17. The molecule has 1 rings (SSSR count). The maximum Gasteiger partial charge on any atom is 0.232 e. The first kappa shape index (κ1) is 15.0. The Balaban J connectivity index is 2.55. The molecule has 3 N–H and O–H groups in total. The maximum absolute atomic E-state index is 11.7. The largest absolute Gasteiger partial charge is 0.330 e. The van der Waals surface area contributed by atoms with Gasteiger partial charge in [-0.05, 0) is 43.5 Å². The van der Waals surface area contributed by atoms with Crippen LogP contribution in [0.4, 0.5) is 5.69 Å². The Kier molecular flexibility index (Phi) is 6.15. The summed E-state index contributed by atoms with van der Waals surface area (Å²) in [5, 5.41) is 0. The van der Waals surface area contributed by atoms with Gasteiger partial charge in [-0.1, -0.05) is 25.5 Å². The molecule has 0 heterocycles. The predicted molar refractivity (Wildman–Crippen MR) is 76.1 cm³/mol. The van der Waals surface area contributed by atoms with Crippen LogP contribution in [0.2, 0.25) is 0 Å². The van der Waals surface area contributed by atoms with Gasteiger partial charge in [0.05, 0.1) is 5.75 Å². The van der Waals surface area contributed by atoms with Gasteiger partial charge in [0, 0.05) is 5.69 Å². The van der Waals surface area contributed by atoms with Crippen LogP contribution in [0.15, 0.2) is 24.3 Å². The van der Waals surface area contributed by atoms with Crippen LogP contribution in [-0.4, -0.2) is 20.7 Å². The highest BCUT2D eigenvalue weighted by Crippen LogP contribution is 2.13. The van der Waals surface area contributed by atoms with Crippen LogP contribution in [0.5, 0.6) is 0 Å². The highest BCUT2D eigenvalue weighted by Gasteiger charge is 2.09. The first-order valence-electron chi connectivity index (χ1n) is 6.37. The first-order chi connectivity index (χ1) is 8.57. The fourth-order valence-electron chi connectivity index (χ4n) is 1.70. The van der Waals surface area contributed by atoms with Crippen molar-refractivity contribution in [2.45, 2.75) is 32.6 Å². The van der Waals surface area contributed by atoms with Crippen LogP contribution in [0, 0.1) is 0 Å². The number of hydrogen-bond acceptors (Lipinski definition) is 3. The molecule has 0 aliphatic rings. The van der Waals surface area contributed by atoms with Crippen molar-refractivity contribution in [3.05, 3.63) is 29.8 Å². The summed E-state index contributed by atoms with van der Waals surface area (Å²) < 4.78 is 26.0. The zero-order valence-electron chi connectivity index (χ0n) is 10.9. The van der Waals surface area contributed by atoms with Crippen molar-refractivity contribution < 1.29 is 8.42 Å². The third-order valence-corrected chi connectivity index (χ3v) is 4.01. The van der Waals surface area contributed by atoms with Crippen molar-refractivity contribution in [2.75, 3.05) is 17.0 Å². The zero-order chi connectivity index (χ0) is 13.4. The average Bonchev–Trinajstić information content (AvgIpc) is 2.32. The monoisotopic (exact) mass is 270 g/mol. The molecule has 0 aliphatic heterocycles. The fraction of sp³-hybridized carbons (Fsp3) is 0.538. The molecule has 0 saturated carbocycles. The number of sulfonamides is 1. The molecule has 102 valence electrons. The number of nitrogens with one attached hydrogen (secondary N) is 1. The van der Waals surface area contributed by atoms with Gasteiger partial charge < -0.3 is 5.73 Å². The van der Waals surface area contributed by atoms with Gasteiger partial charge in [0.2, 0.25) is 10.0 Å². The molecule has 4 nitrogen and oxygen atoms in total. The molecule has 0 spiro atoms. The fourth-order valence-corrected chi connectivity index (χ4v) is 2.88. The number of benzene rings is 1. The maximum atomic E-state index is 11.7. The quantitative estimate of drug-likeness (QED) is 0.711. The van der Waals surface area contributed by atoms with Crippen LogP contribution in [-0.2, 0) is 16.4 Å². The average molecular weight is 270 g/mol. The second-order valence-corrected chi connectivity index (χ2v) is 6.21. The minimum absolute atomic E-state index is 0.126. The molecule has 1 aromatic rings. The van der Waals surface area contributed by atoms with Crippen LogP contribution in [0.3, 0.4) is 0 Å². The van der Waals surface area contributed by atoms with Crippen LogP contribution in [0.25, 0.3) is 0 Å². The van der Waals surface area contributed by atoms with E-state index >= 15 is 0 Å². The van der Waals surface area contributed by atoms with E-state index in [1.54, 1.807) is 0 Å². The standard InChI is InChI=1S/C13H22N2O2S/c1-2-5-12-6-8-13(9-7-12)15-18(16,17)11-4-3-10-14/h6-9,15H,2-5,10-11,14H2,1H3. The summed E-state index contributed by atoms with van der Waals surface area (Å²) in [5.74, 6) is 0.126. The molecule has 1 aromatic carbocycles. The van der Waals surface area contributed by atoms with E-state index in [0.717, 1.165) is 19.3 Å². The van der Waals surface area contributed by atoms with Gasteiger partial charge in [-0.25, -0.2) is 8.42 Å². The molecule has 5 heteroatoms. The Morgan fingerprint density at radius 3 is 2.39 bits per heavy atom. The van der Waals surface area contributed by atoms with E-state index < -0.39 is 10.0 Å². The molecule has 0 fully saturated rings. The molecule has 0 radical (unpaired) electrons. The van der Waals surface area contributed by atoms with E-state index in [4.69, 9.17) is 5.73 Å². The molecule has 0 amide bonds. The van der Waals surface area contributed by atoms with Gasteiger partial charge in [-0.3, -0.25) is 4.72 Å². The third-order valence-electron chi connectivity index (χ3n) is 2.63. The second kappa shape index (κ2) is 7.38. The SMILES string of the molecule is CCCc1ccc(NS(=O)(=O)CCCCN)cc1. The minimum atomic E-state index is -3.24. The zero-order valence-corrected chi connectivity index (χ0v) is 11.7. The van der Waals surface area contributed by atoms with E-state index in [1.165, 1.54) is 5.56 Å². The Labute approximate surface area is 110 Å². The van der Waals surface area contributed by atoms with Crippen molar-refractivity contribution in [3.63, 3.8) is 0 Å². The highest BCUT2D eigenvalue weighted by atomic mass is 32.2. The van der Waals surface area contributed by atoms with Crippen molar-refractivity contribution in [3.8, 4) is 0 Å². The van der Waals surface area contributed by atoms with E-state index in [2.05, 4.69) is 11.6 Å². The van der Waals surface area contributed by atoms with Crippen LogP contribution < -0.4 is 10.5 Å². The lowest BCUT2D eigenvalue weighted by molar-refractivity contribution is 0.597. The summed E-state index contributed by atoms with van der Waals surface area (Å²) in [6.07, 6.45) is 3.43. The van der Waals surface area contributed by atoms with E-state index in [1.807, 2.05) is 24.3 Å². The Hall–Kier alpha value is -1.07. The van der Waals surface area contributed by atoms with Gasteiger partial charge in [-0.2, -0.15) is 0 Å². The Morgan fingerprint density at radius 1 is 1.17 bits per heavy atom. The van der Waals surface area contributed by atoms with Gasteiger partial charge in [0.25, 0.3) is 0 Å². The number of aryl methyl sites for hydroxylation is 1. The molecule has 0 aromatic heterocycles. The Morgan fingerprint density at radius 2 is 1.83 bits per heavy atom. The molecule has 0 bridgehead atoms. The summed E-state index contributed by atoms with van der Waals surface area (Å²) in [6.45, 7) is 2.65. The number of unbranched alkanes of at least 4 members (excludes halogenated alkanes) is 1. The van der Waals surface area contributed by atoms with E-state index in [-0.39, 0.29) is 5.75 Å².